The lowest BCUT2D eigenvalue weighted by atomic mass is 10.0. The molecule has 0 spiro atoms. The van der Waals surface area contributed by atoms with Gasteiger partial charge in [0.1, 0.15) is 11.5 Å². The molecule has 1 aliphatic heterocycles. The van der Waals surface area contributed by atoms with Crippen LogP contribution in [0.1, 0.15) is 24.0 Å². The Kier molecular flexibility index (Phi) is 6.49. The van der Waals surface area contributed by atoms with Gasteiger partial charge in [-0.3, -0.25) is 9.59 Å². The molecule has 3 rings (SSSR count). The topological polar surface area (TPSA) is 100 Å². The van der Waals surface area contributed by atoms with Crippen molar-refractivity contribution in [2.75, 3.05) is 13.2 Å². The number of carbonyl (C=O) groups excluding carboxylic acids is 2. The molecule has 3 N–H and O–H groups in total. The van der Waals surface area contributed by atoms with Crippen LogP contribution in [0.15, 0.2) is 47.6 Å². The summed E-state index contributed by atoms with van der Waals surface area (Å²) in [6, 6.07) is 12.0. The standard InChI is InChI=1S/C20H20ClN3O4/c21-16-11-14(17-6-8-19(26)24-23-17)3-7-18(16)28-12-20(27)22-10-9-13-1-4-15(25)5-2-13/h1-5,7,11,25H,6,8-10,12H2,(H,22,27)(H,24,26). The van der Waals surface area contributed by atoms with Crippen LogP contribution in [-0.2, 0) is 16.0 Å². The van der Waals surface area contributed by atoms with E-state index in [-0.39, 0.29) is 24.2 Å². The van der Waals surface area contributed by atoms with Gasteiger partial charge in [0, 0.05) is 19.4 Å². The van der Waals surface area contributed by atoms with Crippen molar-refractivity contribution in [3.63, 3.8) is 0 Å². The number of hydrazone groups is 1. The van der Waals surface area contributed by atoms with Gasteiger partial charge < -0.3 is 15.2 Å². The van der Waals surface area contributed by atoms with Crippen molar-refractivity contribution in [3.8, 4) is 11.5 Å². The lowest BCUT2D eigenvalue weighted by Crippen LogP contribution is -2.30. The number of nitrogens with one attached hydrogen (secondary N) is 2. The van der Waals surface area contributed by atoms with E-state index >= 15 is 0 Å². The number of carbonyl (C=O) groups is 2. The predicted octanol–water partition coefficient (Wildman–Crippen LogP) is 2.40. The van der Waals surface area contributed by atoms with Gasteiger partial charge in [0.05, 0.1) is 10.7 Å². The zero-order valence-electron chi connectivity index (χ0n) is 15.1. The van der Waals surface area contributed by atoms with Crippen molar-refractivity contribution < 1.29 is 19.4 Å². The Morgan fingerprint density at radius 2 is 2.00 bits per heavy atom. The highest BCUT2D eigenvalue weighted by molar-refractivity contribution is 6.32. The quantitative estimate of drug-likeness (QED) is 0.663. The molecule has 0 unspecified atom stereocenters. The molecule has 0 fully saturated rings. The Morgan fingerprint density at radius 1 is 1.21 bits per heavy atom. The van der Waals surface area contributed by atoms with Gasteiger partial charge in [0.25, 0.3) is 5.91 Å². The molecule has 0 saturated heterocycles. The molecule has 146 valence electrons. The van der Waals surface area contributed by atoms with Crippen LogP contribution in [0.4, 0.5) is 0 Å². The summed E-state index contributed by atoms with van der Waals surface area (Å²) in [5.41, 5.74) is 5.01. The fourth-order valence-corrected chi connectivity index (χ4v) is 2.92. The summed E-state index contributed by atoms with van der Waals surface area (Å²) < 4.78 is 5.49. The zero-order valence-corrected chi connectivity index (χ0v) is 15.8. The van der Waals surface area contributed by atoms with Crippen molar-refractivity contribution in [2.45, 2.75) is 19.3 Å². The van der Waals surface area contributed by atoms with E-state index in [4.69, 9.17) is 16.3 Å². The largest absolute Gasteiger partial charge is 0.508 e. The number of hydrogen-bond acceptors (Lipinski definition) is 5. The van der Waals surface area contributed by atoms with Crippen LogP contribution in [0.5, 0.6) is 11.5 Å². The molecule has 7 nitrogen and oxygen atoms in total. The molecule has 1 heterocycles. The van der Waals surface area contributed by atoms with E-state index in [9.17, 15) is 14.7 Å². The summed E-state index contributed by atoms with van der Waals surface area (Å²) in [6.07, 6.45) is 1.59. The number of ether oxygens (including phenoxy) is 1. The SMILES string of the molecule is O=C(COc1ccc(C2=NNC(=O)CC2)cc1Cl)NCCc1ccc(O)cc1. The van der Waals surface area contributed by atoms with Crippen molar-refractivity contribution in [3.05, 3.63) is 58.6 Å². The third kappa shape index (κ3) is 5.47. The molecule has 2 aromatic carbocycles. The first-order chi connectivity index (χ1) is 13.5. The van der Waals surface area contributed by atoms with Gasteiger partial charge in [0.2, 0.25) is 5.91 Å². The summed E-state index contributed by atoms with van der Waals surface area (Å²) in [5.74, 6) is 0.258. The van der Waals surface area contributed by atoms with Crippen molar-refractivity contribution in [1.82, 2.24) is 10.7 Å². The first-order valence-electron chi connectivity index (χ1n) is 8.84. The molecule has 28 heavy (non-hydrogen) atoms. The molecule has 1 aliphatic rings. The van der Waals surface area contributed by atoms with Gasteiger partial charge in [-0.2, -0.15) is 5.10 Å². The second-order valence-electron chi connectivity index (χ2n) is 6.29. The first-order valence-corrected chi connectivity index (χ1v) is 9.22. The van der Waals surface area contributed by atoms with Gasteiger partial charge in [-0.25, -0.2) is 5.43 Å². The van der Waals surface area contributed by atoms with E-state index in [1.165, 1.54) is 0 Å². The highest BCUT2D eigenvalue weighted by Gasteiger charge is 2.15. The minimum absolute atomic E-state index is 0.105. The second-order valence-corrected chi connectivity index (χ2v) is 6.70. The van der Waals surface area contributed by atoms with Crippen molar-refractivity contribution >= 4 is 29.1 Å². The predicted molar refractivity (Wildman–Crippen MR) is 106 cm³/mol. The van der Waals surface area contributed by atoms with E-state index in [1.807, 2.05) is 0 Å². The Balaban J connectivity index is 1.46. The van der Waals surface area contributed by atoms with Crippen LogP contribution in [0, 0.1) is 0 Å². The normalized spacial score (nSPS) is 13.5. The van der Waals surface area contributed by atoms with Crippen LogP contribution in [0.2, 0.25) is 5.02 Å². The molecule has 0 saturated carbocycles. The number of rotatable bonds is 7. The number of aromatic hydroxyl groups is 1. The van der Waals surface area contributed by atoms with E-state index in [2.05, 4.69) is 15.8 Å². The summed E-state index contributed by atoms with van der Waals surface area (Å²) in [6.45, 7) is 0.316. The number of halogens is 1. The number of nitrogens with zero attached hydrogens (tertiary/aromatic N) is 1. The number of benzene rings is 2. The zero-order chi connectivity index (χ0) is 19.9. The van der Waals surface area contributed by atoms with Crippen LogP contribution in [0.3, 0.4) is 0 Å². The average molecular weight is 402 g/mol. The van der Waals surface area contributed by atoms with Gasteiger partial charge in [-0.15, -0.1) is 0 Å². The van der Waals surface area contributed by atoms with E-state index in [0.717, 1.165) is 16.8 Å². The summed E-state index contributed by atoms with van der Waals surface area (Å²) in [4.78, 5) is 23.1. The molecule has 2 amide bonds. The highest BCUT2D eigenvalue weighted by Crippen LogP contribution is 2.26. The van der Waals surface area contributed by atoms with Crippen molar-refractivity contribution in [1.29, 1.82) is 0 Å². The number of amides is 2. The number of phenols is 1. The lowest BCUT2D eigenvalue weighted by molar-refractivity contribution is -0.123. The highest BCUT2D eigenvalue weighted by atomic mass is 35.5. The maximum atomic E-state index is 11.9. The van der Waals surface area contributed by atoms with Crippen LogP contribution >= 0.6 is 11.6 Å². The van der Waals surface area contributed by atoms with Crippen LogP contribution < -0.4 is 15.5 Å². The van der Waals surface area contributed by atoms with Gasteiger partial charge in [-0.1, -0.05) is 23.7 Å². The molecule has 8 heteroatoms. The van der Waals surface area contributed by atoms with Crippen LogP contribution in [0.25, 0.3) is 0 Å². The Morgan fingerprint density at radius 3 is 2.68 bits per heavy atom. The molecule has 0 atom stereocenters. The maximum absolute atomic E-state index is 11.9. The van der Waals surface area contributed by atoms with Gasteiger partial charge in [-0.05, 0) is 47.9 Å². The summed E-state index contributed by atoms with van der Waals surface area (Å²) >= 11 is 6.24. The Labute approximate surface area is 167 Å². The fraction of sp³-hybridized carbons (Fsp3) is 0.250. The summed E-state index contributed by atoms with van der Waals surface area (Å²) in [5, 5.41) is 16.4. The van der Waals surface area contributed by atoms with E-state index in [0.29, 0.717) is 36.6 Å². The molecule has 0 radical (unpaired) electrons. The Bertz CT molecular complexity index is 897. The van der Waals surface area contributed by atoms with E-state index in [1.54, 1.807) is 42.5 Å². The number of hydrogen-bond donors (Lipinski definition) is 3. The minimum atomic E-state index is -0.252. The number of phenolic OH excluding ortho intramolecular Hbond substituents is 1. The van der Waals surface area contributed by atoms with Gasteiger partial charge >= 0.3 is 0 Å². The fourth-order valence-electron chi connectivity index (χ4n) is 2.68. The monoisotopic (exact) mass is 401 g/mol. The van der Waals surface area contributed by atoms with Crippen molar-refractivity contribution in [2.24, 2.45) is 5.10 Å². The smallest absolute Gasteiger partial charge is 0.257 e. The molecule has 0 bridgehead atoms. The first kappa shape index (κ1) is 19.7. The third-order valence-corrected chi connectivity index (χ3v) is 4.50. The molecule has 0 aliphatic carbocycles. The second kappa shape index (κ2) is 9.23. The van der Waals surface area contributed by atoms with Gasteiger partial charge in [0.15, 0.2) is 6.61 Å². The molecule has 2 aromatic rings. The van der Waals surface area contributed by atoms with E-state index < -0.39 is 0 Å². The lowest BCUT2D eigenvalue weighted by Gasteiger charge is -2.14. The van der Waals surface area contributed by atoms with Crippen LogP contribution in [-0.4, -0.2) is 35.8 Å². The Hall–Kier alpha value is -3.06. The third-order valence-electron chi connectivity index (χ3n) is 4.20. The minimum Gasteiger partial charge on any atom is -0.508 e. The molecular weight excluding hydrogens is 382 g/mol. The summed E-state index contributed by atoms with van der Waals surface area (Å²) in [7, 11) is 0. The molecule has 0 aromatic heterocycles. The maximum Gasteiger partial charge on any atom is 0.257 e. The molecular formula is C20H20ClN3O4. The average Bonchev–Trinajstić information content (AvgIpc) is 2.69.